The van der Waals surface area contributed by atoms with Crippen LogP contribution in [-0.4, -0.2) is 36.4 Å². The lowest BCUT2D eigenvalue weighted by atomic mass is 10.2. The van der Waals surface area contributed by atoms with Crippen LogP contribution in [0, 0.1) is 0 Å². The maximum absolute atomic E-state index is 12.2. The number of aromatic nitrogens is 1. The van der Waals surface area contributed by atoms with Crippen molar-refractivity contribution in [1.29, 1.82) is 0 Å². The van der Waals surface area contributed by atoms with E-state index in [0.717, 1.165) is 10.9 Å². The van der Waals surface area contributed by atoms with E-state index in [1.165, 1.54) is 0 Å². The monoisotopic (exact) mass is 297 g/mol. The molecule has 0 atom stereocenters. The first-order chi connectivity index (χ1) is 8.10. The molecule has 0 fully saturated rings. The molecule has 0 saturated heterocycles. The molecule has 1 rings (SSSR count). The van der Waals surface area contributed by atoms with Gasteiger partial charge in [-0.1, -0.05) is 6.08 Å². The molecule has 0 aliphatic carbocycles. The van der Waals surface area contributed by atoms with Gasteiger partial charge in [-0.3, -0.25) is 4.79 Å². The highest BCUT2D eigenvalue weighted by Gasteiger charge is 2.16. The van der Waals surface area contributed by atoms with Crippen molar-refractivity contribution in [2.45, 2.75) is 6.42 Å². The molecule has 0 radical (unpaired) electrons. The lowest BCUT2D eigenvalue weighted by Crippen LogP contribution is -2.28. The summed E-state index contributed by atoms with van der Waals surface area (Å²) in [7, 11) is 3.52. The van der Waals surface area contributed by atoms with E-state index >= 15 is 0 Å². The van der Waals surface area contributed by atoms with E-state index < -0.39 is 0 Å². The summed E-state index contributed by atoms with van der Waals surface area (Å²) in [5.74, 6) is 0.536. The predicted octanol–water partition coefficient (Wildman–Crippen LogP) is 2.53. The van der Waals surface area contributed by atoms with Crippen LogP contribution in [0.4, 0.5) is 5.82 Å². The van der Waals surface area contributed by atoms with Crippen molar-refractivity contribution in [2.24, 2.45) is 0 Å². The van der Waals surface area contributed by atoms with Crippen molar-refractivity contribution < 1.29 is 4.79 Å². The molecule has 0 bridgehead atoms. The minimum absolute atomic E-state index is 0.0509. The van der Waals surface area contributed by atoms with Crippen molar-refractivity contribution >= 4 is 27.7 Å². The molecule has 1 heterocycles. The van der Waals surface area contributed by atoms with Gasteiger partial charge in [0.15, 0.2) is 0 Å². The maximum Gasteiger partial charge on any atom is 0.257 e. The molecule has 1 N–H and O–H groups in total. The first-order valence-electron chi connectivity index (χ1n) is 5.29. The summed E-state index contributed by atoms with van der Waals surface area (Å²) in [6.07, 6.45) is 4.23. The van der Waals surface area contributed by atoms with Gasteiger partial charge in [0, 0.05) is 31.3 Å². The number of hydrogen-bond donors (Lipinski definition) is 1. The molecule has 1 amide bonds. The Labute approximate surface area is 110 Å². The first-order valence-corrected chi connectivity index (χ1v) is 6.09. The minimum atomic E-state index is -0.0509. The second kappa shape index (κ2) is 6.39. The topological polar surface area (TPSA) is 45.2 Å². The Balaban J connectivity index is 2.93. The zero-order chi connectivity index (χ0) is 12.8. The summed E-state index contributed by atoms with van der Waals surface area (Å²) < 4.78 is 0.789. The lowest BCUT2D eigenvalue weighted by Gasteiger charge is -2.17. The number of carbonyl (C=O) groups excluding carboxylic acids is 1. The fourth-order valence-electron chi connectivity index (χ4n) is 1.39. The smallest absolute Gasteiger partial charge is 0.257 e. The molecule has 17 heavy (non-hydrogen) atoms. The largest absolute Gasteiger partial charge is 0.372 e. The van der Waals surface area contributed by atoms with Crippen molar-refractivity contribution in [2.75, 3.05) is 26.0 Å². The van der Waals surface area contributed by atoms with E-state index in [9.17, 15) is 4.79 Å². The molecule has 1 aromatic rings. The molecule has 0 unspecified atom stereocenters. The molecule has 92 valence electrons. The van der Waals surface area contributed by atoms with Crippen LogP contribution in [0.2, 0.25) is 0 Å². The van der Waals surface area contributed by atoms with E-state index in [4.69, 9.17) is 0 Å². The van der Waals surface area contributed by atoms with Crippen LogP contribution < -0.4 is 5.32 Å². The number of nitrogens with one attached hydrogen (secondary N) is 1. The van der Waals surface area contributed by atoms with Crippen LogP contribution in [0.15, 0.2) is 29.4 Å². The zero-order valence-corrected chi connectivity index (χ0v) is 11.6. The van der Waals surface area contributed by atoms with E-state index in [1.807, 2.05) is 0 Å². The summed E-state index contributed by atoms with van der Waals surface area (Å²) in [6, 6.07) is 1.77. The molecular formula is C12H16BrN3O. The van der Waals surface area contributed by atoms with Gasteiger partial charge in [-0.15, -0.1) is 6.58 Å². The molecule has 0 aromatic carbocycles. The molecule has 5 heteroatoms. The number of nitrogens with zero attached hydrogens (tertiary/aromatic N) is 2. The number of hydrogen-bond acceptors (Lipinski definition) is 3. The highest BCUT2D eigenvalue weighted by molar-refractivity contribution is 9.10. The number of rotatable bonds is 5. The molecule has 0 aliphatic heterocycles. The van der Waals surface area contributed by atoms with Gasteiger partial charge in [-0.2, -0.15) is 0 Å². The van der Waals surface area contributed by atoms with Crippen LogP contribution in [0.25, 0.3) is 0 Å². The normalized spacial score (nSPS) is 9.82. The SMILES string of the molecule is C=CCCN(C)C(=O)c1cc(Br)cnc1NC. The van der Waals surface area contributed by atoms with E-state index in [2.05, 4.69) is 32.8 Å². The summed E-state index contributed by atoms with van der Waals surface area (Å²) in [6.45, 7) is 4.29. The molecule has 0 saturated carbocycles. The second-order valence-electron chi connectivity index (χ2n) is 3.60. The minimum Gasteiger partial charge on any atom is -0.372 e. The van der Waals surface area contributed by atoms with Gasteiger partial charge in [-0.25, -0.2) is 4.98 Å². The molecule has 1 aromatic heterocycles. The third kappa shape index (κ3) is 3.56. The number of pyridine rings is 1. The van der Waals surface area contributed by atoms with Crippen LogP contribution >= 0.6 is 15.9 Å². The highest BCUT2D eigenvalue weighted by atomic mass is 79.9. The second-order valence-corrected chi connectivity index (χ2v) is 4.52. The van der Waals surface area contributed by atoms with Crippen molar-refractivity contribution in [1.82, 2.24) is 9.88 Å². The third-order valence-corrected chi connectivity index (χ3v) is 2.77. The van der Waals surface area contributed by atoms with Gasteiger partial charge in [0.05, 0.1) is 5.56 Å². The van der Waals surface area contributed by atoms with Crippen LogP contribution in [-0.2, 0) is 0 Å². The van der Waals surface area contributed by atoms with Gasteiger partial charge in [-0.05, 0) is 28.4 Å². The van der Waals surface area contributed by atoms with Crippen molar-refractivity contribution in [3.05, 3.63) is 35.0 Å². The summed E-state index contributed by atoms with van der Waals surface area (Å²) in [5, 5.41) is 2.92. The summed E-state index contributed by atoms with van der Waals surface area (Å²) in [5.41, 5.74) is 0.563. The van der Waals surface area contributed by atoms with E-state index in [1.54, 1.807) is 37.3 Å². The highest BCUT2D eigenvalue weighted by Crippen LogP contribution is 2.19. The number of anilines is 1. The Hall–Kier alpha value is -1.36. The van der Waals surface area contributed by atoms with Crippen molar-refractivity contribution in [3.8, 4) is 0 Å². The molecular weight excluding hydrogens is 282 g/mol. The fourth-order valence-corrected chi connectivity index (χ4v) is 1.72. The Morgan fingerprint density at radius 2 is 2.41 bits per heavy atom. The summed E-state index contributed by atoms with van der Waals surface area (Å²) in [4.78, 5) is 18.0. The average Bonchev–Trinajstić information content (AvgIpc) is 2.34. The fraction of sp³-hybridized carbons (Fsp3) is 0.333. The Kier molecular flexibility index (Phi) is 5.15. The average molecular weight is 298 g/mol. The summed E-state index contributed by atoms with van der Waals surface area (Å²) >= 11 is 3.32. The van der Waals surface area contributed by atoms with Gasteiger partial charge < -0.3 is 10.2 Å². The van der Waals surface area contributed by atoms with E-state index in [-0.39, 0.29) is 5.91 Å². The Morgan fingerprint density at radius 1 is 1.71 bits per heavy atom. The first kappa shape index (κ1) is 13.7. The molecule has 0 aliphatic rings. The molecule has 4 nitrogen and oxygen atoms in total. The van der Waals surface area contributed by atoms with Gasteiger partial charge in [0.1, 0.15) is 5.82 Å². The quantitative estimate of drug-likeness (QED) is 0.850. The number of amides is 1. The zero-order valence-electron chi connectivity index (χ0n) is 10.0. The Bertz CT molecular complexity index is 420. The number of carbonyl (C=O) groups is 1. The Morgan fingerprint density at radius 3 is 3.00 bits per heavy atom. The lowest BCUT2D eigenvalue weighted by molar-refractivity contribution is 0.0798. The van der Waals surface area contributed by atoms with Gasteiger partial charge >= 0.3 is 0 Å². The predicted molar refractivity (Wildman–Crippen MR) is 73.3 cm³/mol. The number of halogens is 1. The van der Waals surface area contributed by atoms with Crippen molar-refractivity contribution in [3.63, 3.8) is 0 Å². The maximum atomic E-state index is 12.2. The molecule has 0 spiro atoms. The van der Waals surface area contributed by atoms with Crippen LogP contribution in [0.1, 0.15) is 16.8 Å². The van der Waals surface area contributed by atoms with Crippen LogP contribution in [0.3, 0.4) is 0 Å². The third-order valence-electron chi connectivity index (χ3n) is 2.34. The van der Waals surface area contributed by atoms with Gasteiger partial charge in [0.2, 0.25) is 0 Å². The van der Waals surface area contributed by atoms with E-state index in [0.29, 0.717) is 17.9 Å². The van der Waals surface area contributed by atoms with Crippen LogP contribution in [0.5, 0.6) is 0 Å². The van der Waals surface area contributed by atoms with Gasteiger partial charge in [0.25, 0.3) is 5.91 Å². The standard InChI is InChI=1S/C12H16BrN3O/c1-4-5-6-16(3)12(17)10-7-9(13)8-15-11(10)14-2/h4,7-8H,1,5-6H2,2-3H3,(H,14,15).